The number of rotatable bonds is 10. The summed E-state index contributed by atoms with van der Waals surface area (Å²) in [5, 5.41) is 0. The van der Waals surface area contributed by atoms with Gasteiger partial charge in [-0.2, -0.15) is 0 Å². The Morgan fingerprint density at radius 3 is 2.38 bits per heavy atom. The predicted octanol–water partition coefficient (Wildman–Crippen LogP) is 3.96. The number of likely N-dealkylation sites (tertiary alicyclic amines) is 1. The molecule has 1 saturated heterocycles. The van der Waals surface area contributed by atoms with Crippen LogP contribution in [-0.2, 0) is 20.8 Å². The first-order valence-electron chi connectivity index (χ1n) is 11.9. The first kappa shape index (κ1) is 25.9. The Labute approximate surface area is 193 Å². The fraction of sp³-hybridized carbons (Fsp3) is 0.654. The van der Waals surface area contributed by atoms with Crippen LogP contribution in [0.2, 0.25) is 0 Å². The van der Waals surface area contributed by atoms with Gasteiger partial charge in [-0.1, -0.05) is 39.8 Å². The molecule has 0 saturated carbocycles. The number of nitrogens with zero attached hydrogens (tertiary/aromatic N) is 2. The minimum Gasteiger partial charge on any atom is -0.497 e. The molecule has 1 aliphatic rings. The molecule has 2 rings (SSSR count). The molecule has 0 radical (unpaired) electrons. The number of hydrogen-bond donors (Lipinski definition) is 0. The summed E-state index contributed by atoms with van der Waals surface area (Å²) in [6.07, 6.45) is 3.50. The summed E-state index contributed by atoms with van der Waals surface area (Å²) >= 11 is 0. The lowest BCUT2D eigenvalue weighted by Gasteiger charge is -2.40. The van der Waals surface area contributed by atoms with Crippen LogP contribution in [0.3, 0.4) is 0 Å². The lowest BCUT2D eigenvalue weighted by Crippen LogP contribution is -2.50. The molecule has 32 heavy (non-hydrogen) atoms. The van der Waals surface area contributed by atoms with E-state index >= 15 is 0 Å². The quantitative estimate of drug-likeness (QED) is 0.512. The third kappa shape index (κ3) is 6.81. The van der Waals surface area contributed by atoms with Crippen LogP contribution >= 0.6 is 0 Å². The van der Waals surface area contributed by atoms with E-state index in [9.17, 15) is 14.4 Å². The van der Waals surface area contributed by atoms with Crippen molar-refractivity contribution in [1.82, 2.24) is 9.80 Å². The maximum Gasteiger partial charge on any atom is 0.290 e. The van der Waals surface area contributed by atoms with Crippen molar-refractivity contribution in [1.29, 1.82) is 0 Å². The average Bonchev–Trinajstić information content (AvgIpc) is 2.80. The largest absolute Gasteiger partial charge is 0.497 e. The first-order valence-corrected chi connectivity index (χ1v) is 11.9. The number of likely N-dealkylation sites (N-methyl/N-ethyl adjacent to an activating group) is 1. The van der Waals surface area contributed by atoms with E-state index in [-0.39, 0.29) is 35.5 Å². The molecule has 2 atom stereocenters. The summed E-state index contributed by atoms with van der Waals surface area (Å²) in [5.41, 5.74) is 1.13. The highest BCUT2D eigenvalue weighted by atomic mass is 16.5. The Kier molecular flexibility index (Phi) is 9.73. The van der Waals surface area contributed by atoms with E-state index in [0.717, 1.165) is 30.6 Å². The van der Waals surface area contributed by atoms with Crippen LogP contribution in [0, 0.1) is 17.8 Å². The van der Waals surface area contributed by atoms with Crippen molar-refractivity contribution in [2.45, 2.75) is 65.8 Å². The minimum absolute atomic E-state index is 0.0378. The van der Waals surface area contributed by atoms with E-state index in [1.54, 1.807) is 12.0 Å². The lowest BCUT2D eigenvalue weighted by atomic mass is 9.84. The molecular formula is C26H40N2O4. The third-order valence-corrected chi connectivity index (χ3v) is 6.69. The van der Waals surface area contributed by atoms with Crippen molar-refractivity contribution in [3.63, 3.8) is 0 Å². The predicted molar refractivity (Wildman–Crippen MR) is 126 cm³/mol. The molecule has 2 amide bonds. The fourth-order valence-corrected chi connectivity index (χ4v) is 4.38. The van der Waals surface area contributed by atoms with E-state index in [1.165, 1.54) is 0 Å². The molecule has 1 aliphatic heterocycles. The van der Waals surface area contributed by atoms with Crippen LogP contribution in [0.1, 0.15) is 58.9 Å². The molecule has 178 valence electrons. The fourth-order valence-electron chi connectivity index (χ4n) is 4.38. The normalized spacial score (nSPS) is 16.5. The van der Waals surface area contributed by atoms with Crippen LogP contribution in [0.5, 0.6) is 5.75 Å². The second kappa shape index (κ2) is 12.0. The molecule has 1 aromatic rings. The zero-order chi connectivity index (χ0) is 23.8. The maximum atomic E-state index is 12.9. The van der Waals surface area contributed by atoms with Crippen LogP contribution in [0.4, 0.5) is 0 Å². The van der Waals surface area contributed by atoms with Gasteiger partial charge in [0.05, 0.1) is 7.11 Å². The number of Topliss-reactive ketones (excluding diaryl/α,β-unsaturated/α-hetero) is 1. The Morgan fingerprint density at radius 1 is 1.16 bits per heavy atom. The van der Waals surface area contributed by atoms with Gasteiger partial charge in [0.1, 0.15) is 5.75 Å². The van der Waals surface area contributed by atoms with Gasteiger partial charge in [0.2, 0.25) is 11.7 Å². The van der Waals surface area contributed by atoms with Crippen molar-refractivity contribution in [2.75, 3.05) is 27.2 Å². The van der Waals surface area contributed by atoms with Gasteiger partial charge in [-0.05, 0) is 55.2 Å². The van der Waals surface area contributed by atoms with Gasteiger partial charge in [-0.25, -0.2) is 0 Å². The van der Waals surface area contributed by atoms with Gasteiger partial charge in [0.15, 0.2) is 0 Å². The second-order valence-corrected chi connectivity index (χ2v) is 9.53. The molecule has 1 aromatic carbocycles. The summed E-state index contributed by atoms with van der Waals surface area (Å²) < 4.78 is 5.38. The van der Waals surface area contributed by atoms with Gasteiger partial charge in [0.25, 0.3) is 5.91 Å². The zero-order valence-electron chi connectivity index (χ0n) is 20.6. The Bertz CT molecular complexity index is 784. The summed E-state index contributed by atoms with van der Waals surface area (Å²) in [5.74, 6) is 0.647. The summed E-state index contributed by atoms with van der Waals surface area (Å²) in [6.45, 7) is 8.98. The summed E-state index contributed by atoms with van der Waals surface area (Å²) in [6, 6.07) is 8.03. The van der Waals surface area contributed by atoms with Crippen molar-refractivity contribution in [2.24, 2.45) is 17.8 Å². The Morgan fingerprint density at radius 2 is 1.81 bits per heavy atom. The van der Waals surface area contributed by atoms with E-state index in [2.05, 4.69) is 19.9 Å². The highest BCUT2D eigenvalue weighted by molar-refractivity contribution is 6.36. The van der Waals surface area contributed by atoms with Crippen LogP contribution < -0.4 is 4.74 Å². The molecule has 6 nitrogen and oxygen atoms in total. The van der Waals surface area contributed by atoms with Crippen molar-refractivity contribution < 1.29 is 19.1 Å². The van der Waals surface area contributed by atoms with Crippen LogP contribution in [0.15, 0.2) is 24.3 Å². The highest BCUT2D eigenvalue weighted by Gasteiger charge is 2.34. The van der Waals surface area contributed by atoms with Crippen LogP contribution in [-0.4, -0.2) is 60.7 Å². The molecule has 6 heteroatoms. The number of ether oxygens (including phenoxy) is 1. The molecule has 0 unspecified atom stereocenters. The second-order valence-electron chi connectivity index (χ2n) is 9.53. The first-order chi connectivity index (χ1) is 15.2. The Balaban J connectivity index is 2.14. The van der Waals surface area contributed by atoms with Crippen molar-refractivity contribution in [3.8, 4) is 5.75 Å². The number of carbonyl (C=O) groups is 3. The number of ketones is 1. The number of methoxy groups -OCH3 is 1. The smallest absolute Gasteiger partial charge is 0.290 e. The molecular weight excluding hydrogens is 404 g/mol. The maximum absolute atomic E-state index is 12.9. The average molecular weight is 445 g/mol. The molecule has 0 aromatic heterocycles. The number of carbonyl (C=O) groups excluding carboxylic acids is 3. The monoisotopic (exact) mass is 444 g/mol. The van der Waals surface area contributed by atoms with Crippen LogP contribution in [0.25, 0.3) is 0 Å². The van der Waals surface area contributed by atoms with Gasteiger partial charge < -0.3 is 14.5 Å². The summed E-state index contributed by atoms with van der Waals surface area (Å²) in [7, 11) is 3.56. The Hall–Kier alpha value is -2.37. The zero-order valence-corrected chi connectivity index (χ0v) is 20.6. The van der Waals surface area contributed by atoms with E-state index < -0.39 is 0 Å². The number of benzene rings is 1. The topological polar surface area (TPSA) is 66.9 Å². The number of hydrogen-bond acceptors (Lipinski definition) is 4. The van der Waals surface area contributed by atoms with Gasteiger partial charge in [0, 0.05) is 38.5 Å². The number of piperidine rings is 1. The highest BCUT2D eigenvalue weighted by Crippen LogP contribution is 2.28. The van der Waals surface area contributed by atoms with E-state index in [0.29, 0.717) is 31.8 Å². The van der Waals surface area contributed by atoms with E-state index in [1.807, 2.05) is 44.0 Å². The molecule has 0 bridgehead atoms. The molecule has 0 spiro atoms. The van der Waals surface area contributed by atoms with Crippen molar-refractivity contribution >= 4 is 17.6 Å². The number of amides is 2. The third-order valence-electron chi connectivity index (χ3n) is 6.69. The molecule has 1 fully saturated rings. The summed E-state index contributed by atoms with van der Waals surface area (Å²) in [4.78, 5) is 41.5. The standard InChI is InChI=1S/C26H40N2O4/c1-7-19(4)25(30)26(31)28-13-11-21(12-14-28)23(27(5)24(29)15-18(2)3)17-20-9-8-10-22(16-20)32-6/h8-10,16,18-19,21,23H,7,11-15,17H2,1-6H3/t19-,23-/m0/s1. The lowest BCUT2D eigenvalue weighted by molar-refractivity contribution is -0.148. The van der Waals surface area contributed by atoms with Gasteiger partial charge >= 0.3 is 0 Å². The minimum atomic E-state index is -0.355. The van der Waals surface area contributed by atoms with E-state index in [4.69, 9.17) is 4.74 Å². The SMILES string of the molecule is CC[C@H](C)C(=O)C(=O)N1CCC([C@H](Cc2cccc(OC)c2)N(C)C(=O)CC(C)C)CC1. The van der Waals surface area contributed by atoms with Gasteiger partial charge in [-0.3, -0.25) is 14.4 Å². The molecule has 0 aliphatic carbocycles. The van der Waals surface area contributed by atoms with Crippen molar-refractivity contribution in [3.05, 3.63) is 29.8 Å². The molecule has 0 N–H and O–H groups in total. The van der Waals surface area contributed by atoms with Gasteiger partial charge in [-0.15, -0.1) is 0 Å². The molecule has 1 heterocycles.